The lowest BCUT2D eigenvalue weighted by Crippen LogP contribution is -2.65. The first-order chi connectivity index (χ1) is 12.8. The Kier molecular flexibility index (Phi) is 5.68. The van der Waals surface area contributed by atoms with Crippen molar-refractivity contribution in [3.05, 3.63) is 11.8 Å². The first-order valence-corrected chi connectivity index (χ1v) is 8.97. The fraction of sp³-hybridized carbons (Fsp3) is 0.615. The van der Waals surface area contributed by atoms with E-state index in [1.54, 1.807) is 0 Å². The van der Waals surface area contributed by atoms with Gasteiger partial charge in [0.25, 0.3) is 0 Å². The number of alkyl halides is 3. The molecule has 158 valence electrons. The van der Waals surface area contributed by atoms with E-state index >= 15 is 0 Å². The van der Waals surface area contributed by atoms with Crippen LogP contribution in [0, 0.1) is 5.92 Å². The quantitative estimate of drug-likeness (QED) is 0.370. The molecule has 0 aromatic rings. The van der Waals surface area contributed by atoms with E-state index in [0.29, 0.717) is 0 Å². The number of amides is 2. The number of hydrogen-bond donors (Lipinski definition) is 2. The smallest absolute Gasteiger partial charge is 0.469 e. The van der Waals surface area contributed by atoms with Crippen LogP contribution in [0.5, 0.6) is 0 Å². The first-order valence-electron chi connectivity index (χ1n) is 7.57. The number of hydrogen-bond acceptors (Lipinski definition) is 7. The highest BCUT2D eigenvalue weighted by atomic mass is 32.2. The number of methoxy groups -OCH3 is 1. The third-order valence-corrected chi connectivity index (χ3v) is 5.29. The molecule has 2 bridgehead atoms. The molecule has 0 aliphatic carbocycles. The maximum Gasteiger partial charge on any atom is 0.534 e. The van der Waals surface area contributed by atoms with Gasteiger partial charge >= 0.3 is 33.8 Å². The Hall–Kier alpha value is -2.71. The maximum atomic E-state index is 12.7. The Bertz CT molecular complexity index is 811. The van der Waals surface area contributed by atoms with Crippen LogP contribution in [0.1, 0.15) is 6.42 Å². The highest BCUT2D eigenvalue weighted by Crippen LogP contribution is 2.38. The molecule has 0 spiro atoms. The molecule has 3 unspecified atom stereocenters. The van der Waals surface area contributed by atoms with Gasteiger partial charge in [0.15, 0.2) is 0 Å². The minimum absolute atomic E-state index is 0.456. The van der Waals surface area contributed by atoms with Crippen molar-refractivity contribution in [2.45, 2.75) is 24.0 Å². The molecule has 0 saturated carbocycles. The Balaban J connectivity index is 2.52. The minimum Gasteiger partial charge on any atom is -0.469 e. The van der Waals surface area contributed by atoms with Gasteiger partial charge in [-0.15, -0.1) is 0 Å². The van der Waals surface area contributed by atoms with Crippen molar-refractivity contribution < 1.29 is 55.1 Å². The van der Waals surface area contributed by atoms with E-state index in [-0.39, 0.29) is 0 Å². The molecule has 2 rings (SSSR count). The number of halogens is 3. The minimum atomic E-state index is -6.09. The molecular formula is C13H15F3N2O9S. The van der Waals surface area contributed by atoms with Crippen LogP contribution in [0.25, 0.3) is 0 Å². The predicted molar refractivity (Wildman–Crippen MR) is 81.3 cm³/mol. The molecule has 11 nitrogen and oxygen atoms in total. The molecule has 3 atom stereocenters. The Morgan fingerprint density at radius 1 is 1.21 bits per heavy atom. The van der Waals surface area contributed by atoms with Crippen molar-refractivity contribution in [3.63, 3.8) is 0 Å². The second-order valence-electron chi connectivity index (χ2n) is 5.95. The number of esters is 1. The van der Waals surface area contributed by atoms with Crippen molar-refractivity contribution in [2.24, 2.45) is 5.92 Å². The van der Waals surface area contributed by atoms with Crippen LogP contribution in [-0.2, 0) is 23.8 Å². The normalized spacial score (nSPS) is 25.0. The van der Waals surface area contributed by atoms with Crippen LogP contribution in [-0.4, -0.2) is 84.4 Å². The highest BCUT2D eigenvalue weighted by molar-refractivity contribution is 7.87. The Morgan fingerprint density at radius 3 is 2.29 bits per heavy atom. The van der Waals surface area contributed by atoms with Gasteiger partial charge < -0.3 is 24.0 Å². The van der Waals surface area contributed by atoms with Crippen LogP contribution in [0.2, 0.25) is 0 Å². The summed E-state index contributed by atoms with van der Waals surface area (Å²) in [6.07, 6.45) is -2.91. The van der Waals surface area contributed by atoms with E-state index in [4.69, 9.17) is 5.11 Å². The van der Waals surface area contributed by atoms with Crippen LogP contribution >= 0.6 is 0 Å². The summed E-state index contributed by atoms with van der Waals surface area (Å²) >= 11 is 0. The van der Waals surface area contributed by atoms with Crippen LogP contribution in [0.3, 0.4) is 0 Å². The van der Waals surface area contributed by atoms with Crippen LogP contribution < -0.4 is 0 Å². The van der Waals surface area contributed by atoms with Gasteiger partial charge in [-0.3, -0.25) is 9.69 Å². The van der Waals surface area contributed by atoms with E-state index in [1.165, 1.54) is 0 Å². The molecule has 15 heteroatoms. The van der Waals surface area contributed by atoms with Gasteiger partial charge in [0, 0.05) is 13.1 Å². The van der Waals surface area contributed by atoms with E-state index in [0.717, 1.165) is 23.0 Å². The third-order valence-electron chi connectivity index (χ3n) is 4.31. The lowest BCUT2D eigenvalue weighted by atomic mass is 9.84. The van der Waals surface area contributed by atoms with E-state index in [1.807, 2.05) is 0 Å². The van der Waals surface area contributed by atoms with Crippen molar-refractivity contribution in [3.8, 4) is 0 Å². The topological polar surface area (TPSA) is 151 Å². The number of fused-ring (bicyclic) bond motifs is 2. The molecule has 0 aromatic carbocycles. The second kappa shape index (κ2) is 7.37. The molecule has 28 heavy (non-hydrogen) atoms. The van der Waals surface area contributed by atoms with Gasteiger partial charge in [-0.1, -0.05) is 0 Å². The molecule has 2 heterocycles. The summed E-state index contributed by atoms with van der Waals surface area (Å²) in [4.78, 5) is 36.1. The van der Waals surface area contributed by atoms with Crippen molar-refractivity contribution in [1.29, 1.82) is 0 Å². The SMILES string of the molecule is COC(=O)CC1C(OS(=O)(=O)C(F)(F)F)=CC2CN(C(=O)O)CC1N2C(=O)O. The summed E-state index contributed by atoms with van der Waals surface area (Å²) in [5.41, 5.74) is -5.75. The number of carbonyl (C=O) groups is 3. The summed E-state index contributed by atoms with van der Waals surface area (Å²) in [5.74, 6) is -3.29. The zero-order valence-corrected chi connectivity index (χ0v) is 14.9. The molecule has 2 amide bonds. The van der Waals surface area contributed by atoms with Gasteiger partial charge in [0.2, 0.25) is 0 Å². The zero-order valence-electron chi connectivity index (χ0n) is 14.1. The highest BCUT2D eigenvalue weighted by Gasteiger charge is 2.53. The number of piperazine rings is 1. The standard InChI is InChI=1S/C13H15F3N2O9S/c1-26-10(19)3-7-8-5-17(11(20)21)4-6(18(8)12(22)23)2-9(7)27-28(24,25)13(14,15)16/h2,6-8H,3-5H2,1H3,(H,20,21)(H,22,23). The first kappa shape index (κ1) is 21.6. The average Bonchev–Trinajstić information content (AvgIpc) is 2.55. The maximum absolute atomic E-state index is 12.7. The molecule has 1 fully saturated rings. The molecule has 2 aliphatic rings. The van der Waals surface area contributed by atoms with Crippen molar-refractivity contribution >= 4 is 28.3 Å². The molecule has 0 radical (unpaired) electrons. The number of nitrogens with zero attached hydrogens (tertiary/aromatic N) is 2. The van der Waals surface area contributed by atoms with Gasteiger partial charge in [-0.25, -0.2) is 9.59 Å². The van der Waals surface area contributed by atoms with Gasteiger partial charge in [-0.05, 0) is 6.08 Å². The van der Waals surface area contributed by atoms with Crippen molar-refractivity contribution in [1.82, 2.24) is 9.80 Å². The summed E-state index contributed by atoms with van der Waals surface area (Å²) < 4.78 is 69.4. The molecule has 1 saturated heterocycles. The van der Waals surface area contributed by atoms with Gasteiger partial charge in [0.05, 0.1) is 31.5 Å². The number of carbonyl (C=O) groups excluding carboxylic acids is 1. The molecule has 2 N–H and O–H groups in total. The summed E-state index contributed by atoms with van der Waals surface area (Å²) in [6.45, 7) is -0.964. The Morgan fingerprint density at radius 2 is 1.82 bits per heavy atom. The number of carboxylic acid groups (broad SMARTS) is 2. The van der Waals surface area contributed by atoms with E-state index < -0.39 is 77.1 Å². The lowest BCUT2D eigenvalue weighted by molar-refractivity contribution is -0.142. The Labute approximate surface area is 156 Å². The molecule has 0 aromatic heterocycles. The lowest BCUT2D eigenvalue weighted by Gasteiger charge is -2.49. The molecular weight excluding hydrogens is 417 g/mol. The zero-order chi connectivity index (χ0) is 21.4. The predicted octanol–water partition coefficient (Wildman–Crippen LogP) is 0.640. The fourth-order valence-corrected chi connectivity index (χ4v) is 3.63. The van der Waals surface area contributed by atoms with Crippen LogP contribution in [0.15, 0.2) is 11.8 Å². The largest absolute Gasteiger partial charge is 0.534 e. The van der Waals surface area contributed by atoms with E-state index in [9.17, 15) is 41.1 Å². The summed E-state index contributed by atoms with van der Waals surface area (Å²) in [5, 5.41) is 18.6. The molecule has 2 aliphatic heterocycles. The summed E-state index contributed by atoms with van der Waals surface area (Å²) in [7, 11) is -5.13. The van der Waals surface area contributed by atoms with E-state index in [2.05, 4.69) is 8.92 Å². The average molecular weight is 432 g/mol. The van der Waals surface area contributed by atoms with Gasteiger partial charge in [0.1, 0.15) is 5.76 Å². The van der Waals surface area contributed by atoms with Crippen LogP contribution in [0.4, 0.5) is 22.8 Å². The van der Waals surface area contributed by atoms with Crippen molar-refractivity contribution in [2.75, 3.05) is 20.2 Å². The fourth-order valence-electron chi connectivity index (χ4n) is 3.11. The summed E-state index contributed by atoms with van der Waals surface area (Å²) in [6, 6.07) is -2.67. The monoisotopic (exact) mass is 432 g/mol. The number of ether oxygens (including phenoxy) is 1. The second-order valence-corrected chi connectivity index (χ2v) is 7.49. The third kappa shape index (κ3) is 4.07. The van der Waals surface area contributed by atoms with Gasteiger partial charge in [-0.2, -0.15) is 21.6 Å². The number of rotatable bonds is 4.